The molecule has 0 bridgehead atoms. The van der Waals surface area contributed by atoms with Crippen LogP contribution in [0.15, 0.2) is 22.7 Å². The lowest BCUT2D eigenvalue weighted by Gasteiger charge is -2.16. The number of esters is 1. The zero-order chi connectivity index (χ0) is 13.1. The van der Waals surface area contributed by atoms with Gasteiger partial charge in [-0.05, 0) is 13.0 Å². The van der Waals surface area contributed by atoms with E-state index in [1.165, 1.54) is 19.1 Å². The van der Waals surface area contributed by atoms with Gasteiger partial charge >= 0.3 is 11.9 Å². The fourth-order valence-corrected chi connectivity index (χ4v) is 1.84. The summed E-state index contributed by atoms with van der Waals surface area (Å²) in [6.45, 7) is 1.32. The summed E-state index contributed by atoms with van der Waals surface area (Å²) in [6.07, 6.45) is 0.525. The summed E-state index contributed by atoms with van der Waals surface area (Å²) in [5.74, 6) is -5.35. The van der Waals surface area contributed by atoms with Gasteiger partial charge in [0.2, 0.25) is 0 Å². The average Bonchev–Trinajstić information content (AvgIpc) is 2.28. The van der Waals surface area contributed by atoms with E-state index in [1.807, 2.05) is 0 Å². The van der Waals surface area contributed by atoms with Crippen molar-refractivity contribution in [3.63, 3.8) is 0 Å². The van der Waals surface area contributed by atoms with Gasteiger partial charge in [-0.2, -0.15) is 8.78 Å². The highest BCUT2D eigenvalue weighted by Crippen LogP contribution is 2.35. The molecule has 6 heteroatoms. The summed E-state index contributed by atoms with van der Waals surface area (Å²) in [4.78, 5) is 21.6. The summed E-state index contributed by atoms with van der Waals surface area (Å²) >= 11 is 2.90. The minimum Gasteiger partial charge on any atom is -0.461 e. The Kier molecular flexibility index (Phi) is 4.34. The molecule has 0 aliphatic heterocycles. The second-order valence-corrected chi connectivity index (χ2v) is 4.01. The minimum atomic E-state index is -3.74. The van der Waals surface area contributed by atoms with Crippen molar-refractivity contribution in [3.05, 3.63) is 33.8 Å². The maximum atomic E-state index is 13.6. The normalized spacial score (nSPS) is 11.1. The Labute approximate surface area is 105 Å². The zero-order valence-electron chi connectivity index (χ0n) is 8.88. The van der Waals surface area contributed by atoms with Crippen LogP contribution in [0.4, 0.5) is 8.78 Å². The van der Waals surface area contributed by atoms with E-state index in [4.69, 9.17) is 0 Å². The standard InChI is InChI=1S/C11H9BrF2O3/c1-2-17-10(16)11(13,14)8-4-3-7(6-15)5-9(8)12/h3-6H,2H2,1H3. The van der Waals surface area contributed by atoms with E-state index in [9.17, 15) is 18.4 Å². The van der Waals surface area contributed by atoms with E-state index < -0.39 is 17.5 Å². The number of ether oxygens (including phenoxy) is 1. The Morgan fingerprint density at radius 2 is 2.18 bits per heavy atom. The van der Waals surface area contributed by atoms with Crippen molar-refractivity contribution in [2.45, 2.75) is 12.8 Å². The van der Waals surface area contributed by atoms with Crippen LogP contribution in [-0.2, 0) is 15.5 Å². The number of alkyl halides is 2. The van der Waals surface area contributed by atoms with Gasteiger partial charge in [0.05, 0.1) is 6.61 Å². The molecule has 92 valence electrons. The number of carbonyl (C=O) groups excluding carboxylic acids is 2. The lowest BCUT2D eigenvalue weighted by molar-refractivity contribution is -0.173. The first-order valence-electron chi connectivity index (χ1n) is 4.73. The lowest BCUT2D eigenvalue weighted by atomic mass is 10.1. The van der Waals surface area contributed by atoms with E-state index in [0.29, 0.717) is 6.29 Å². The van der Waals surface area contributed by atoms with E-state index in [2.05, 4.69) is 20.7 Å². The first-order valence-corrected chi connectivity index (χ1v) is 5.53. The fraction of sp³-hybridized carbons (Fsp3) is 0.273. The number of halogens is 3. The van der Waals surface area contributed by atoms with Crippen molar-refractivity contribution >= 4 is 28.2 Å². The van der Waals surface area contributed by atoms with Gasteiger partial charge in [-0.3, -0.25) is 4.79 Å². The monoisotopic (exact) mass is 306 g/mol. The van der Waals surface area contributed by atoms with Gasteiger partial charge in [0.15, 0.2) is 0 Å². The number of hydrogen-bond acceptors (Lipinski definition) is 3. The van der Waals surface area contributed by atoms with E-state index in [-0.39, 0.29) is 16.6 Å². The average molecular weight is 307 g/mol. The van der Waals surface area contributed by atoms with Crippen LogP contribution < -0.4 is 0 Å². The van der Waals surface area contributed by atoms with Crippen molar-refractivity contribution in [1.82, 2.24) is 0 Å². The molecule has 0 aliphatic rings. The number of benzene rings is 1. The molecule has 1 rings (SSSR count). The summed E-state index contributed by atoms with van der Waals surface area (Å²) in [5, 5.41) is 0. The van der Waals surface area contributed by atoms with Crippen LogP contribution in [-0.4, -0.2) is 18.9 Å². The van der Waals surface area contributed by atoms with Gasteiger partial charge in [-0.1, -0.05) is 28.1 Å². The first-order chi connectivity index (χ1) is 7.93. The molecule has 0 saturated heterocycles. The van der Waals surface area contributed by atoms with Crippen molar-refractivity contribution in [2.75, 3.05) is 6.61 Å². The molecule has 0 fully saturated rings. The topological polar surface area (TPSA) is 43.4 Å². The summed E-state index contributed by atoms with van der Waals surface area (Å²) < 4.78 is 31.6. The third kappa shape index (κ3) is 2.88. The molecule has 3 nitrogen and oxygen atoms in total. The Balaban J connectivity index is 3.14. The van der Waals surface area contributed by atoms with Crippen LogP contribution in [0.2, 0.25) is 0 Å². The molecule has 0 saturated carbocycles. The highest BCUT2D eigenvalue weighted by molar-refractivity contribution is 9.10. The number of aldehydes is 1. The second kappa shape index (κ2) is 5.35. The summed E-state index contributed by atoms with van der Waals surface area (Å²) in [5.41, 5.74) is -0.290. The van der Waals surface area contributed by atoms with E-state index in [1.54, 1.807) is 0 Å². The predicted octanol–water partition coefficient (Wildman–Crippen LogP) is 2.92. The fourth-order valence-electron chi connectivity index (χ4n) is 1.19. The Morgan fingerprint density at radius 1 is 1.53 bits per heavy atom. The van der Waals surface area contributed by atoms with Crippen LogP contribution in [0, 0.1) is 0 Å². The molecule has 1 aromatic rings. The van der Waals surface area contributed by atoms with E-state index in [0.717, 1.165) is 6.07 Å². The molecule has 0 unspecified atom stereocenters. The van der Waals surface area contributed by atoms with Crippen LogP contribution >= 0.6 is 15.9 Å². The summed E-state index contributed by atoms with van der Waals surface area (Å²) in [6, 6.07) is 3.44. The molecule has 17 heavy (non-hydrogen) atoms. The first kappa shape index (κ1) is 13.8. The van der Waals surface area contributed by atoms with Crippen LogP contribution in [0.5, 0.6) is 0 Å². The largest absolute Gasteiger partial charge is 0.461 e. The third-order valence-electron chi connectivity index (χ3n) is 2.00. The quantitative estimate of drug-likeness (QED) is 0.634. The van der Waals surface area contributed by atoms with Gasteiger partial charge < -0.3 is 4.74 Å². The zero-order valence-corrected chi connectivity index (χ0v) is 10.5. The number of hydrogen-bond donors (Lipinski definition) is 0. The Hall–Kier alpha value is -1.30. The Morgan fingerprint density at radius 3 is 2.65 bits per heavy atom. The molecular formula is C11H9BrF2O3. The van der Waals surface area contributed by atoms with Crippen LogP contribution in [0.25, 0.3) is 0 Å². The van der Waals surface area contributed by atoms with E-state index >= 15 is 0 Å². The van der Waals surface area contributed by atoms with Crippen molar-refractivity contribution in [1.29, 1.82) is 0 Å². The smallest absolute Gasteiger partial charge is 0.382 e. The third-order valence-corrected chi connectivity index (χ3v) is 2.66. The van der Waals surface area contributed by atoms with Crippen molar-refractivity contribution in [3.8, 4) is 0 Å². The molecule has 0 spiro atoms. The molecule has 1 aromatic carbocycles. The molecule has 0 atom stereocenters. The van der Waals surface area contributed by atoms with Crippen LogP contribution in [0.3, 0.4) is 0 Å². The van der Waals surface area contributed by atoms with Crippen LogP contribution in [0.1, 0.15) is 22.8 Å². The maximum absolute atomic E-state index is 13.6. The van der Waals surface area contributed by atoms with Gasteiger partial charge in [0, 0.05) is 15.6 Å². The molecule has 0 radical (unpaired) electrons. The maximum Gasteiger partial charge on any atom is 0.382 e. The Bertz CT molecular complexity index is 446. The molecular weight excluding hydrogens is 298 g/mol. The van der Waals surface area contributed by atoms with Crippen molar-refractivity contribution in [2.24, 2.45) is 0 Å². The minimum absolute atomic E-state index is 0.0137. The van der Waals surface area contributed by atoms with Crippen molar-refractivity contribution < 1.29 is 23.1 Å². The second-order valence-electron chi connectivity index (χ2n) is 3.15. The van der Waals surface area contributed by atoms with Gasteiger partial charge in [-0.15, -0.1) is 0 Å². The van der Waals surface area contributed by atoms with Gasteiger partial charge in [0.25, 0.3) is 0 Å². The highest BCUT2D eigenvalue weighted by atomic mass is 79.9. The van der Waals surface area contributed by atoms with Gasteiger partial charge in [0.1, 0.15) is 6.29 Å². The highest BCUT2D eigenvalue weighted by Gasteiger charge is 2.44. The lowest BCUT2D eigenvalue weighted by Crippen LogP contribution is -2.28. The number of rotatable bonds is 4. The summed E-state index contributed by atoms with van der Waals surface area (Å²) in [7, 11) is 0. The predicted molar refractivity (Wildman–Crippen MR) is 60.1 cm³/mol. The molecule has 0 heterocycles. The molecule has 0 N–H and O–H groups in total. The molecule has 0 aromatic heterocycles. The number of carbonyl (C=O) groups is 2. The molecule has 0 aliphatic carbocycles. The molecule has 0 amide bonds. The SMILES string of the molecule is CCOC(=O)C(F)(F)c1ccc(C=O)cc1Br. The van der Waals surface area contributed by atoms with Gasteiger partial charge in [-0.25, -0.2) is 4.79 Å².